The summed E-state index contributed by atoms with van der Waals surface area (Å²) in [6, 6.07) is 4.89. The van der Waals surface area contributed by atoms with Crippen molar-refractivity contribution < 1.29 is 14.3 Å². The molecule has 19 heavy (non-hydrogen) atoms. The van der Waals surface area contributed by atoms with Gasteiger partial charge in [-0.1, -0.05) is 13.8 Å². The number of anilines is 1. The monoisotopic (exact) mass is 266 g/mol. The predicted octanol–water partition coefficient (Wildman–Crippen LogP) is 1.78. The maximum atomic E-state index is 11.9. The molecule has 2 N–H and O–H groups in total. The van der Waals surface area contributed by atoms with Crippen LogP contribution < -0.4 is 10.5 Å². The second-order valence-electron chi connectivity index (χ2n) is 4.12. The summed E-state index contributed by atoms with van der Waals surface area (Å²) in [5.74, 6) is 0.0526. The van der Waals surface area contributed by atoms with Gasteiger partial charge in [-0.2, -0.15) is 0 Å². The Hall–Kier alpha value is -1.75. The zero-order chi connectivity index (χ0) is 14.3. The smallest absolute Gasteiger partial charge is 0.341 e. The van der Waals surface area contributed by atoms with Gasteiger partial charge in [0, 0.05) is 18.3 Å². The van der Waals surface area contributed by atoms with E-state index in [1.807, 2.05) is 0 Å². The van der Waals surface area contributed by atoms with Crippen LogP contribution in [0.15, 0.2) is 18.2 Å². The Labute approximate surface area is 114 Å². The summed E-state index contributed by atoms with van der Waals surface area (Å²) in [5.41, 5.74) is 6.59. The summed E-state index contributed by atoms with van der Waals surface area (Å²) in [7, 11) is 1.50. The lowest BCUT2D eigenvalue weighted by atomic mass is 10.2. The van der Waals surface area contributed by atoms with Crippen LogP contribution in [0.4, 0.5) is 5.69 Å². The molecule has 0 amide bonds. The molecule has 1 aromatic carbocycles. The summed E-state index contributed by atoms with van der Waals surface area (Å²) in [6.45, 7) is 7.14. The van der Waals surface area contributed by atoms with E-state index in [2.05, 4.69) is 18.7 Å². The zero-order valence-electron chi connectivity index (χ0n) is 11.8. The number of ether oxygens (including phenoxy) is 2. The Morgan fingerprint density at radius 2 is 2.00 bits per heavy atom. The lowest BCUT2D eigenvalue weighted by molar-refractivity contribution is 0.0463. The number of hydrogen-bond acceptors (Lipinski definition) is 5. The molecular formula is C14H22N2O3. The number of methoxy groups -OCH3 is 1. The average Bonchev–Trinajstić information content (AvgIpc) is 2.43. The lowest BCUT2D eigenvalue weighted by Crippen LogP contribution is -2.28. The Bertz CT molecular complexity index is 417. The Morgan fingerprint density at radius 3 is 2.58 bits per heavy atom. The molecule has 0 atom stereocenters. The summed E-state index contributed by atoms with van der Waals surface area (Å²) in [6.07, 6.45) is 0. The SMILES string of the molecule is CCN(CC)CCOC(=O)c1ccc(N)cc1OC. The Kier molecular flexibility index (Phi) is 6.15. The molecule has 0 radical (unpaired) electrons. The molecule has 0 saturated carbocycles. The molecule has 0 bridgehead atoms. The molecule has 0 heterocycles. The fourth-order valence-electron chi connectivity index (χ4n) is 1.76. The first kappa shape index (κ1) is 15.3. The minimum absolute atomic E-state index is 0.369. The van der Waals surface area contributed by atoms with Crippen molar-refractivity contribution in [2.75, 3.05) is 39.1 Å². The van der Waals surface area contributed by atoms with Gasteiger partial charge in [0.05, 0.1) is 7.11 Å². The number of benzene rings is 1. The lowest BCUT2D eigenvalue weighted by Gasteiger charge is -2.17. The van der Waals surface area contributed by atoms with E-state index in [1.165, 1.54) is 7.11 Å². The number of hydrogen-bond donors (Lipinski definition) is 1. The normalized spacial score (nSPS) is 10.5. The number of nitrogen functional groups attached to an aromatic ring is 1. The van der Waals surface area contributed by atoms with Gasteiger partial charge >= 0.3 is 5.97 Å². The number of nitrogens with two attached hydrogens (primary N) is 1. The number of carbonyl (C=O) groups excluding carboxylic acids is 1. The van der Waals surface area contributed by atoms with Crippen LogP contribution in [0.1, 0.15) is 24.2 Å². The first-order chi connectivity index (χ1) is 9.12. The minimum Gasteiger partial charge on any atom is -0.496 e. The van der Waals surface area contributed by atoms with Crippen molar-refractivity contribution in [2.24, 2.45) is 0 Å². The highest BCUT2D eigenvalue weighted by Crippen LogP contribution is 2.22. The number of esters is 1. The molecule has 0 unspecified atom stereocenters. The maximum absolute atomic E-state index is 11.9. The second kappa shape index (κ2) is 7.63. The topological polar surface area (TPSA) is 64.8 Å². The van der Waals surface area contributed by atoms with Gasteiger partial charge < -0.3 is 20.1 Å². The Balaban J connectivity index is 2.58. The van der Waals surface area contributed by atoms with Gasteiger partial charge in [0.2, 0.25) is 0 Å². The third kappa shape index (κ3) is 4.44. The van der Waals surface area contributed by atoms with Gasteiger partial charge in [-0.25, -0.2) is 4.79 Å². The van der Waals surface area contributed by atoms with Crippen LogP contribution in [0, 0.1) is 0 Å². The van der Waals surface area contributed by atoms with E-state index < -0.39 is 0 Å². The summed E-state index contributed by atoms with van der Waals surface area (Å²) in [5, 5.41) is 0. The van der Waals surface area contributed by atoms with Gasteiger partial charge in [0.1, 0.15) is 17.9 Å². The second-order valence-corrected chi connectivity index (χ2v) is 4.12. The molecule has 0 saturated heterocycles. The van der Waals surface area contributed by atoms with E-state index in [0.29, 0.717) is 23.6 Å². The van der Waals surface area contributed by atoms with E-state index in [4.69, 9.17) is 15.2 Å². The van der Waals surface area contributed by atoms with Gasteiger partial charge in [-0.15, -0.1) is 0 Å². The molecule has 0 aliphatic heterocycles. The highest BCUT2D eigenvalue weighted by molar-refractivity contribution is 5.93. The quantitative estimate of drug-likeness (QED) is 0.602. The third-order valence-electron chi connectivity index (χ3n) is 2.98. The zero-order valence-corrected chi connectivity index (χ0v) is 11.8. The van der Waals surface area contributed by atoms with Crippen LogP contribution in [-0.2, 0) is 4.74 Å². The molecule has 0 aliphatic carbocycles. The summed E-state index contributed by atoms with van der Waals surface area (Å²) >= 11 is 0. The van der Waals surface area contributed by atoms with Gasteiger partial charge in [-0.05, 0) is 25.2 Å². The van der Waals surface area contributed by atoms with Crippen LogP contribution in [0.25, 0.3) is 0 Å². The van der Waals surface area contributed by atoms with Crippen molar-refractivity contribution in [3.63, 3.8) is 0 Å². The first-order valence-electron chi connectivity index (χ1n) is 6.45. The van der Waals surface area contributed by atoms with Crippen molar-refractivity contribution in [1.82, 2.24) is 4.90 Å². The molecule has 0 aliphatic rings. The molecule has 0 spiro atoms. The number of likely N-dealkylation sites (N-methyl/N-ethyl adjacent to an activating group) is 1. The predicted molar refractivity (Wildman–Crippen MR) is 75.5 cm³/mol. The van der Waals surface area contributed by atoms with Crippen molar-refractivity contribution in [2.45, 2.75) is 13.8 Å². The largest absolute Gasteiger partial charge is 0.496 e. The molecule has 106 valence electrons. The van der Waals surface area contributed by atoms with E-state index in [-0.39, 0.29) is 5.97 Å². The standard InChI is InChI=1S/C14H22N2O3/c1-4-16(5-2)8-9-19-14(17)12-7-6-11(15)10-13(12)18-3/h6-7,10H,4-5,8-9,15H2,1-3H3. The van der Waals surface area contributed by atoms with Crippen LogP contribution in [0.3, 0.4) is 0 Å². The minimum atomic E-state index is -0.385. The van der Waals surface area contributed by atoms with E-state index >= 15 is 0 Å². The van der Waals surface area contributed by atoms with Crippen molar-refractivity contribution >= 4 is 11.7 Å². The molecule has 1 rings (SSSR count). The molecule has 5 heteroatoms. The highest BCUT2D eigenvalue weighted by Gasteiger charge is 2.14. The summed E-state index contributed by atoms with van der Waals surface area (Å²) in [4.78, 5) is 14.1. The van der Waals surface area contributed by atoms with Gasteiger partial charge in [0.15, 0.2) is 0 Å². The van der Waals surface area contributed by atoms with E-state index in [0.717, 1.165) is 19.6 Å². The maximum Gasteiger partial charge on any atom is 0.341 e. The number of carbonyl (C=O) groups is 1. The fourth-order valence-corrected chi connectivity index (χ4v) is 1.76. The van der Waals surface area contributed by atoms with Crippen LogP contribution >= 0.6 is 0 Å². The first-order valence-corrected chi connectivity index (χ1v) is 6.45. The molecular weight excluding hydrogens is 244 g/mol. The fraction of sp³-hybridized carbons (Fsp3) is 0.500. The van der Waals surface area contributed by atoms with E-state index in [9.17, 15) is 4.79 Å². The molecule has 0 fully saturated rings. The van der Waals surface area contributed by atoms with Gasteiger partial charge in [0.25, 0.3) is 0 Å². The van der Waals surface area contributed by atoms with E-state index in [1.54, 1.807) is 18.2 Å². The van der Waals surface area contributed by atoms with Crippen molar-refractivity contribution in [3.8, 4) is 5.75 Å². The molecule has 0 aromatic heterocycles. The third-order valence-corrected chi connectivity index (χ3v) is 2.98. The van der Waals surface area contributed by atoms with Crippen molar-refractivity contribution in [3.05, 3.63) is 23.8 Å². The van der Waals surface area contributed by atoms with Crippen molar-refractivity contribution in [1.29, 1.82) is 0 Å². The van der Waals surface area contributed by atoms with Crippen LogP contribution in [0.5, 0.6) is 5.75 Å². The van der Waals surface area contributed by atoms with Crippen LogP contribution in [0.2, 0.25) is 0 Å². The Morgan fingerprint density at radius 1 is 1.32 bits per heavy atom. The van der Waals surface area contributed by atoms with Crippen LogP contribution in [-0.4, -0.2) is 44.2 Å². The van der Waals surface area contributed by atoms with Gasteiger partial charge in [-0.3, -0.25) is 0 Å². The highest BCUT2D eigenvalue weighted by atomic mass is 16.5. The molecule has 5 nitrogen and oxygen atoms in total. The average molecular weight is 266 g/mol. The number of rotatable bonds is 7. The number of nitrogens with zero attached hydrogens (tertiary/aromatic N) is 1. The summed E-state index contributed by atoms with van der Waals surface area (Å²) < 4.78 is 10.4. The molecule has 1 aromatic rings.